The van der Waals surface area contributed by atoms with E-state index in [4.69, 9.17) is 17.2 Å². The number of rotatable bonds is 6. The highest BCUT2D eigenvalue weighted by Crippen LogP contribution is 2.47. The van der Waals surface area contributed by atoms with Crippen molar-refractivity contribution in [3.8, 4) is 6.07 Å². The third-order valence-electron chi connectivity index (χ3n) is 4.45. The number of hydrogen-bond acceptors (Lipinski definition) is 4. The summed E-state index contributed by atoms with van der Waals surface area (Å²) in [4.78, 5) is 0. The van der Waals surface area contributed by atoms with Crippen molar-refractivity contribution in [3.63, 3.8) is 0 Å². The van der Waals surface area contributed by atoms with E-state index >= 15 is 0 Å². The van der Waals surface area contributed by atoms with Gasteiger partial charge in [0.2, 0.25) is 0 Å². The fourth-order valence-electron chi connectivity index (χ4n) is 3.58. The second-order valence-electron chi connectivity index (χ2n) is 5.60. The van der Waals surface area contributed by atoms with Crippen molar-refractivity contribution in [1.29, 1.82) is 5.26 Å². The van der Waals surface area contributed by atoms with E-state index < -0.39 is 5.41 Å². The average Bonchev–Trinajstić information content (AvgIpc) is 2.51. The smallest absolute Gasteiger partial charge is 0.0905 e. The molecule has 0 radical (unpaired) electrons. The second-order valence-corrected chi connectivity index (χ2v) is 5.60. The molecule has 0 heterocycles. The lowest BCUT2D eigenvalue weighted by molar-refractivity contribution is 0.340. The van der Waals surface area contributed by atoms with E-state index in [-0.39, 0.29) is 5.92 Å². The normalized spacial score (nSPS) is 24.1. The highest BCUT2D eigenvalue weighted by atomic mass is 14.6. The van der Waals surface area contributed by atoms with Crippen LogP contribution in [0.4, 0.5) is 0 Å². The Bertz CT molecular complexity index is 558. The van der Waals surface area contributed by atoms with E-state index in [0.717, 1.165) is 24.0 Å². The maximum atomic E-state index is 10.00. The maximum absolute atomic E-state index is 10.00. The summed E-state index contributed by atoms with van der Waals surface area (Å²) in [6.45, 7) is 1.63. The third kappa shape index (κ3) is 2.73. The van der Waals surface area contributed by atoms with Gasteiger partial charge in [-0.1, -0.05) is 35.9 Å². The van der Waals surface area contributed by atoms with Crippen LogP contribution in [0.3, 0.4) is 0 Å². The molecule has 4 nitrogen and oxygen atoms in total. The zero-order valence-corrected chi connectivity index (χ0v) is 12.4. The van der Waals surface area contributed by atoms with Crippen molar-refractivity contribution in [2.75, 3.05) is 19.6 Å². The summed E-state index contributed by atoms with van der Waals surface area (Å²) in [5.41, 5.74) is 20.3. The van der Waals surface area contributed by atoms with E-state index in [1.165, 1.54) is 5.57 Å². The highest BCUT2D eigenvalue weighted by Gasteiger charge is 2.44. The minimum atomic E-state index is -0.579. The van der Waals surface area contributed by atoms with Crippen molar-refractivity contribution < 1.29 is 0 Å². The molecule has 0 fully saturated rings. The number of nitrogens with two attached hydrogens (primary N) is 3. The molecular formula is C17H24N4. The van der Waals surface area contributed by atoms with Crippen molar-refractivity contribution in [2.24, 2.45) is 23.1 Å². The summed E-state index contributed by atoms with van der Waals surface area (Å²) in [5.74, 6) is 0.106. The predicted octanol–water partition coefficient (Wildman–Crippen LogP) is 1.51. The van der Waals surface area contributed by atoms with Crippen molar-refractivity contribution in [2.45, 2.75) is 24.7 Å². The van der Waals surface area contributed by atoms with Gasteiger partial charge in [-0.3, -0.25) is 0 Å². The van der Waals surface area contributed by atoms with Gasteiger partial charge in [0.15, 0.2) is 0 Å². The van der Waals surface area contributed by atoms with E-state index in [1.807, 2.05) is 18.2 Å². The largest absolute Gasteiger partial charge is 0.330 e. The lowest BCUT2D eigenvalue weighted by atomic mass is 9.60. The van der Waals surface area contributed by atoms with Gasteiger partial charge in [0.1, 0.15) is 0 Å². The fourth-order valence-corrected chi connectivity index (χ4v) is 3.58. The molecule has 6 N–H and O–H groups in total. The summed E-state index contributed by atoms with van der Waals surface area (Å²) >= 11 is 0. The summed E-state index contributed by atoms with van der Waals surface area (Å²) in [6, 6.07) is 10.7. The van der Waals surface area contributed by atoms with E-state index in [1.54, 1.807) is 0 Å². The van der Waals surface area contributed by atoms with Gasteiger partial charge in [-0.25, -0.2) is 0 Å². The topological polar surface area (TPSA) is 102 Å². The predicted molar refractivity (Wildman–Crippen MR) is 86.2 cm³/mol. The second kappa shape index (κ2) is 6.86. The quantitative estimate of drug-likeness (QED) is 0.736. The molecule has 0 bridgehead atoms. The Labute approximate surface area is 126 Å². The van der Waals surface area contributed by atoms with Crippen LogP contribution in [0, 0.1) is 17.2 Å². The maximum Gasteiger partial charge on any atom is 0.0905 e. The molecule has 112 valence electrons. The minimum absolute atomic E-state index is 0.106. The minimum Gasteiger partial charge on any atom is -0.330 e. The molecule has 1 aliphatic rings. The summed E-state index contributed by atoms with van der Waals surface area (Å²) in [7, 11) is 0. The molecule has 1 aliphatic carbocycles. The van der Waals surface area contributed by atoms with Crippen molar-refractivity contribution in [3.05, 3.63) is 41.0 Å². The number of nitriles is 1. The lowest BCUT2D eigenvalue weighted by Gasteiger charge is -2.41. The Balaban J connectivity index is 2.62. The van der Waals surface area contributed by atoms with E-state index in [0.29, 0.717) is 26.1 Å². The van der Waals surface area contributed by atoms with Crippen LogP contribution in [-0.2, 0) is 5.41 Å². The molecule has 0 amide bonds. The van der Waals surface area contributed by atoms with Crippen molar-refractivity contribution >= 4 is 6.08 Å². The van der Waals surface area contributed by atoms with Crippen LogP contribution < -0.4 is 17.2 Å². The zero-order valence-electron chi connectivity index (χ0n) is 12.4. The molecule has 21 heavy (non-hydrogen) atoms. The monoisotopic (exact) mass is 284 g/mol. The standard InChI is InChI=1S/C17H24N4/c18-8-5-14-11-13-3-1-2-4-15(13)17(12-21,7-10-20)16(14)6-9-19/h1-4,11,16H,5-10,18-20H2. The first-order chi connectivity index (χ1) is 10.2. The number of fused-ring (bicyclic) bond motifs is 1. The van der Waals surface area contributed by atoms with Gasteiger partial charge in [0.25, 0.3) is 0 Å². The van der Waals surface area contributed by atoms with Crippen LogP contribution in [0.5, 0.6) is 0 Å². The Morgan fingerprint density at radius 1 is 1.10 bits per heavy atom. The summed E-state index contributed by atoms with van der Waals surface area (Å²) in [5, 5.41) is 10.00. The molecule has 2 atom stereocenters. The Morgan fingerprint density at radius 2 is 1.86 bits per heavy atom. The molecule has 0 spiro atoms. The molecule has 0 aromatic heterocycles. The Kier molecular flexibility index (Phi) is 5.13. The molecule has 2 rings (SSSR count). The van der Waals surface area contributed by atoms with Crippen LogP contribution in [0.2, 0.25) is 0 Å². The Hall–Kier alpha value is -1.67. The fraction of sp³-hybridized carbons (Fsp3) is 0.471. The molecule has 0 saturated carbocycles. The molecule has 4 heteroatoms. The van der Waals surface area contributed by atoms with Gasteiger partial charge >= 0.3 is 0 Å². The highest BCUT2D eigenvalue weighted by molar-refractivity contribution is 5.65. The van der Waals surface area contributed by atoms with Gasteiger partial charge in [-0.15, -0.1) is 0 Å². The van der Waals surface area contributed by atoms with Gasteiger partial charge in [-0.05, 0) is 50.0 Å². The third-order valence-corrected chi connectivity index (χ3v) is 4.45. The van der Waals surface area contributed by atoms with Crippen LogP contribution >= 0.6 is 0 Å². The van der Waals surface area contributed by atoms with E-state index in [2.05, 4.69) is 18.2 Å². The van der Waals surface area contributed by atoms with Gasteiger partial charge < -0.3 is 17.2 Å². The first-order valence-corrected chi connectivity index (χ1v) is 7.55. The van der Waals surface area contributed by atoms with Crippen LogP contribution in [0.25, 0.3) is 6.08 Å². The lowest BCUT2D eigenvalue weighted by Crippen LogP contribution is -2.41. The summed E-state index contributed by atoms with van der Waals surface area (Å²) < 4.78 is 0. The number of hydrogen-bond donors (Lipinski definition) is 3. The van der Waals surface area contributed by atoms with Gasteiger partial charge in [0.05, 0.1) is 11.5 Å². The first-order valence-electron chi connectivity index (χ1n) is 7.55. The average molecular weight is 284 g/mol. The molecule has 1 aromatic rings. The van der Waals surface area contributed by atoms with Crippen LogP contribution in [0.1, 0.15) is 30.4 Å². The zero-order chi connectivity index (χ0) is 15.3. The molecule has 2 unspecified atom stereocenters. The summed E-state index contributed by atoms with van der Waals surface area (Å²) in [6.07, 6.45) is 4.42. The number of benzene rings is 1. The SMILES string of the molecule is N#CC1(CCN)c2ccccc2C=C(CCN)C1CCN. The number of nitrogens with zero attached hydrogens (tertiary/aromatic N) is 1. The molecule has 0 aliphatic heterocycles. The van der Waals surface area contributed by atoms with E-state index in [9.17, 15) is 5.26 Å². The van der Waals surface area contributed by atoms with Crippen LogP contribution in [-0.4, -0.2) is 19.6 Å². The molecule has 1 aromatic carbocycles. The van der Waals surface area contributed by atoms with Gasteiger partial charge in [0, 0.05) is 5.92 Å². The molecule has 0 saturated heterocycles. The van der Waals surface area contributed by atoms with Crippen LogP contribution in [0.15, 0.2) is 29.8 Å². The van der Waals surface area contributed by atoms with Crippen molar-refractivity contribution in [1.82, 2.24) is 0 Å². The molecular weight excluding hydrogens is 260 g/mol. The Morgan fingerprint density at radius 3 is 2.48 bits per heavy atom. The first kappa shape index (κ1) is 15.7. The van der Waals surface area contributed by atoms with Gasteiger partial charge in [-0.2, -0.15) is 5.26 Å².